The van der Waals surface area contributed by atoms with Gasteiger partial charge in [0, 0.05) is 17.3 Å². The molecule has 0 aliphatic carbocycles. The van der Waals surface area contributed by atoms with Crippen molar-refractivity contribution in [1.29, 1.82) is 0 Å². The van der Waals surface area contributed by atoms with E-state index in [2.05, 4.69) is 20.9 Å². The maximum atomic E-state index is 13.8. The molecule has 0 bridgehead atoms. The van der Waals surface area contributed by atoms with Gasteiger partial charge in [0.2, 0.25) is 0 Å². The van der Waals surface area contributed by atoms with Gasteiger partial charge in [-0.15, -0.1) is 0 Å². The van der Waals surface area contributed by atoms with Gasteiger partial charge in [-0.25, -0.2) is 14.2 Å². The van der Waals surface area contributed by atoms with Crippen LogP contribution in [-0.2, 0) is 0 Å². The number of aromatic nitrogens is 1. The van der Waals surface area contributed by atoms with E-state index in [1.807, 2.05) is 0 Å². The monoisotopic (exact) mass is 295 g/mol. The number of carboxylic acids is 1. The van der Waals surface area contributed by atoms with Gasteiger partial charge in [0.1, 0.15) is 11.5 Å². The fraction of sp³-hybridized carbons (Fsp3) is 0. The first-order valence-electron chi connectivity index (χ1n) is 4.73. The average molecular weight is 296 g/mol. The number of hydrogen-bond donors (Lipinski definition) is 1. The number of pyridine rings is 1. The number of carboxylic acid groups (broad SMARTS) is 1. The van der Waals surface area contributed by atoms with Gasteiger partial charge in [-0.2, -0.15) is 0 Å². The highest BCUT2D eigenvalue weighted by Gasteiger charge is 2.10. The second-order valence-electron chi connectivity index (χ2n) is 3.34. The summed E-state index contributed by atoms with van der Waals surface area (Å²) in [7, 11) is 0. The Labute approximate surface area is 105 Å². The van der Waals surface area contributed by atoms with Crippen LogP contribution in [0.5, 0.6) is 0 Å². The van der Waals surface area contributed by atoms with Crippen molar-refractivity contribution in [2.45, 2.75) is 0 Å². The molecule has 0 saturated carbocycles. The molecular formula is C12H7BrFNO2. The molecule has 0 radical (unpaired) electrons. The molecule has 1 aromatic heterocycles. The van der Waals surface area contributed by atoms with E-state index in [1.165, 1.54) is 18.3 Å². The summed E-state index contributed by atoms with van der Waals surface area (Å²) in [4.78, 5) is 14.4. The predicted molar refractivity (Wildman–Crippen MR) is 64.3 cm³/mol. The van der Waals surface area contributed by atoms with Crippen LogP contribution < -0.4 is 0 Å². The molecule has 0 atom stereocenters. The molecule has 0 unspecified atom stereocenters. The zero-order valence-electron chi connectivity index (χ0n) is 8.52. The lowest BCUT2D eigenvalue weighted by atomic mass is 10.1. The SMILES string of the molecule is O=C(O)c1ccc(-c2cccc(Br)c2F)cn1. The van der Waals surface area contributed by atoms with Crippen molar-refractivity contribution < 1.29 is 14.3 Å². The second-order valence-corrected chi connectivity index (χ2v) is 4.19. The van der Waals surface area contributed by atoms with Gasteiger partial charge in [0.05, 0.1) is 4.47 Å². The highest BCUT2D eigenvalue weighted by molar-refractivity contribution is 9.10. The van der Waals surface area contributed by atoms with Crippen molar-refractivity contribution in [2.24, 2.45) is 0 Å². The molecule has 0 aliphatic rings. The summed E-state index contributed by atoms with van der Waals surface area (Å²) in [6, 6.07) is 7.78. The Bertz CT molecular complexity index is 569. The van der Waals surface area contributed by atoms with Crippen LogP contribution in [0.15, 0.2) is 41.0 Å². The summed E-state index contributed by atoms with van der Waals surface area (Å²) in [6.45, 7) is 0. The fourth-order valence-electron chi connectivity index (χ4n) is 1.41. The predicted octanol–water partition coefficient (Wildman–Crippen LogP) is 3.35. The van der Waals surface area contributed by atoms with E-state index in [1.54, 1.807) is 18.2 Å². The van der Waals surface area contributed by atoms with E-state index in [9.17, 15) is 9.18 Å². The van der Waals surface area contributed by atoms with Crippen molar-refractivity contribution >= 4 is 21.9 Å². The molecule has 0 fully saturated rings. The molecule has 1 aromatic carbocycles. The Morgan fingerprint density at radius 3 is 2.65 bits per heavy atom. The lowest BCUT2D eigenvalue weighted by molar-refractivity contribution is 0.0690. The number of aromatic carboxylic acids is 1. The van der Waals surface area contributed by atoms with Crippen molar-refractivity contribution in [3.8, 4) is 11.1 Å². The molecule has 3 nitrogen and oxygen atoms in total. The van der Waals surface area contributed by atoms with Crippen LogP contribution in [0.2, 0.25) is 0 Å². The number of benzene rings is 1. The van der Waals surface area contributed by atoms with Crippen LogP contribution in [-0.4, -0.2) is 16.1 Å². The zero-order valence-corrected chi connectivity index (χ0v) is 10.1. The van der Waals surface area contributed by atoms with E-state index in [4.69, 9.17) is 5.11 Å². The summed E-state index contributed by atoms with van der Waals surface area (Å²) in [6.07, 6.45) is 1.34. The summed E-state index contributed by atoms with van der Waals surface area (Å²) in [5.74, 6) is -1.50. The zero-order chi connectivity index (χ0) is 12.4. The minimum atomic E-state index is -1.11. The minimum absolute atomic E-state index is 0.0656. The van der Waals surface area contributed by atoms with Crippen LogP contribution in [0.1, 0.15) is 10.5 Å². The number of nitrogens with zero attached hydrogens (tertiary/aromatic N) is 1. The number of rotatable bonds is 2. The number of hydrogen-bond acceptors (Lipinski definition) is 2. The summed E-state index contributed by atoms with van der Waals surface area (Å²) >= 11 is 3.09. The molecule has 0 spiro atoms. The Hall–Kier alpha value is -1.75. The largest absolute Gasteiger partial charge is 0.477 e. The van der Waals surface area contributed by atoms with E-state index in [0.29, 0.717) is 15.6 Å². The molecule has 5 heteroatoms. The molecule has 1 heterocycles. The Morgan fingerprint density at radius 1 is 1.29 bits per heavy atom. The van der Waals surface area contributed by atoms with Gasteiger partial charge in [0.25, 0.3) is 0 Å². The van der Waals surface area contributed by atoms with Crippen LogP contribution in [0.3, 0.4) is 0 Å². The van der Waals surface area contributed by atoms with Gasteiger partial charge < -0.3 is 5.11 Å². The first kappa shape index (κ1) is 11.7. The number of carbonyl (C=O) groups is 1. The van der Waals surface area contributed by atoms with Gasteiger partial charge in [-0.05, 0) is 28.1 Å². The molecule has 0 aliphatic heterocycles. The molecule has 2 aromatic rings. The maximum Gasteiger partial charge on any atom is 0.354 e. The third-order valence-corrected chi connectivity index (χ3v) is 2.86. The van der Waals surface area contributed by atoms with Crippen LogP contribution in [0.4, 0.5) is 4.39 Å². The van der Waals surface area contributed by atoms with E-state index in [-0.39, 0.29) is 5.69 Å². The molecule has 0 saturated heterocycles. The van der Waals surface area contributed by atoms with E-state index < -0.39 is 11.8 Å². The maximum absolute atomic E-state index is 13.8. The molecule has 17 heavy (non-hydrogen) atoms. The van der Waals surface area contributed by atoms with Crippen molar-refractivity contribution in [3.05, 3.63) is 52.5 Å². The fourth-order valence-corrected chi connectivity index (χ4v) is 1.77. The van der Waals surface area contributed by atoms with Gasteiger partial charge in [-0.3, -0.25) is 0 Å². The molecule has 86 valence electrons. The highest BCUT2D eigenvalue weighted by Crippen LogP contribution is 2.27. The molecular weight excluding hydrogens is 289 g/mol. The third-order valence-electron chi connectivity index (χ3n) is 2.25. The Balaban J connectivity index is 2.47. The standard InChI is InChI=1S/C12H7BrFNO2/c13-9-3-1-2-8(11(9)14)7-4-5-10(12(16)17)15-6-7/h1-6H,(H,16,17). The van der Waals surface area contributed by atoms with E-state index >= 15 is 0 Å². The minimum Gasteiger partial charge on any atom is -0.477 e. The second kappa shape index (κ2) is 4.63. The van der Waals surface area contributed by atoms with Gasteiger partial charge in [-0.1, -0.05) is 18.2 Å². The van der Waals surface area contributed by atoms with Gasteiger partial charge >= 0.3 is 5.97 Å². The topological polar surface area (TPSA) is 50.2 Å². The first-order chi connectivity index (χ1) is 8.09. The Morgan fingerprint density at radius 2 is 2.06 bits per heavy atom. The average Bonchev–Trinajstić information content (AvgIpc) is 2.33. The lowest BCUT2D eigenvalue weighted by Crippen LogP contribution is -1.99. The Kier molecular flexibility index (Phi) is 3.19. The summed E-state index contributed by atoms with van der Waals surface area (Å²) in [5.41, 5.74) is 0.849. The first-order valence-corrected chi connectivity index (χ1v) is 5.52. The third kappa shape index (κ3) is 2.34. The summed E-state index contributed by atoms with van der Waals surface area (Å²) in [5, 5.41) is 8.70. The van der Waals surface area contributed by atoms with E-state index in [0.717, 1.165) is 0 Å². The van der Waals surface area contributed by atoms with Crippen LogP contribution in [0.25, 0.3) is 11.1 Å². The smallest absolute Gasteiger partial charge is 0.354 e. The van der Waals surface area contributed by atoms with Crippen molar-refractivity contribution in [3.63, 3.8) is 0 Å². The normalized spacial score (nSPS) is 10.2. The van der Waals surface area contributed by atoms with Crippen molar-refractivity contribution in [2.75, 3.05) is 0 Å². The van der Waals surface area contributed by atoms with Crippen molar-refractivity contribution in [1.82, 2.24) is 4.98 Å². The van der Waals surface area contributed by atoms with Crippen LogP contribution in [0, 0.1) is 5.82 Å². The molecule has 0 amide bonds. The summed E-state index contributed by atoms with van der Waals surface area (Å²) < 4.78 is 14.1. The highest BCUT2D eigenvalue weighted by atomic mass is 79.9. The van der Waals surface area contributed by atoms with Gasteiger partial charge in [0.15, 0.2) is 0 Å². The van der Waals surface area contributed by atoms with Crippen LogP contribution >= 0.6 is 15.9 Å². The number of halogens is 2. The lowest BCUT2D eigenvalue weighted by Gasteiger charge is -2.04. The molecule has 1 N–H and O–H groups in total. The quantitative estimate of drug-likeness (QED) is 0.924. The molecule has 2 rings (SSSR count).